The van der Waals surface area contributed by atoms with E-state index in [4.69, 9.17) is 0 Å². The fraction of sp³-hybridized carbons (Fsp3) is 0.231. The lowest BCUT2D eigenvalue weighted by Gasteiger charge is -2.30. The molecule has 0 bridgehead atoms. The highest BCUT2D eigenvalue weighted by atomic mass is 15.3. The third kappa shape index (κ3) is 3.45. The molecule has 0 unspecified atom stereocenters. The SMILES string of the molecule is C=C(C)C[NH+]1CCN(c2cc(-c3ccccc3)c(C#N)c3[nH]c4ccccc4[n+]23)CC1. The van der Waals surface area contributed by atoms with Crippen molar-refractivity contribution in [3.8, 4) is 17.2 Å². The molecule has 5 heteroatoms. The number of H-pyrrole nitrogens is 1. The number of imidazole rings is 1. The lowest BCUT2D eigenvalue weighted by molar-refractivity contribution is -0.895. The van der Waals surface area contributed by atoms with Gasteiger partial charge in [0.05, 0.1) is 6.54 Å². The maximum Gasteiger partial charge on any atom is 0.250 e. The van der Waals surface area contributed by atoms with E-state index in [0.29, 0.717) is 5.56 Å². The van der Waals surface area contributed by atoms with E-state index in [1.807, 2.05) is 24.3 Å². The quantitative estimate of drug-likeness (QED) is 0.402. The number of nitrogens with one attached hydrogen (secondary N) is 2. The van der Waals surface area contributed by atoms with Gasteiger partial charge in [-0.15, -0.1) is 0 Å². The molecule has 3 heterocycles. The zero-order valence-electron chi connectivity index (χ0n) is 17.9. The van der Waals surface area contributed by atoms with Gasteiger partial charge in [0, 0.05) is 11.6 Å². The average molecular weight is 410 g/mol. The number of aromatic nitrogens is 2. The minimum atomic E-state index is 0.678. The molecule has 0 radical (unpaired) electrons. The van der Waals surface area contributed by atoms with Crippen molar-refractivity contribution in [3.05, 3.63) is 78.4 Å². The molecule has 0 saturated carbocycles. The molecule has 0 amide bonds. The van der Waals surface area contributed by atoms with Crippen LogP contribution in [0.2, 0.25) is 0 Å². The Bertz CT molecular complexity index is 1300. The van der Waals surface area contributed by atoms with E-state index in [9.17, 15) is 5.26 Å². The molecule has 0 aliphatic carbocycles. The topological polar surface area (TPSA) is 51.4 Å². The summed E-state index contributed by atoms with van der Waals surface area (Å²) in [5.41, 5.74) is 6.95. The van der Waals surface area contributed by atoms with Gasteiger partial charge >= 0.3 is 0 Å². The summed E-state index contributed by atoms with van der Waals surface area (Å²) in [5, 5.41) is 10.1. The molecule has 31 heavy (non-hydrogen) atoms. The van der Waals surface area contributed by atoms with Crippen LogP contribution in [-0.4, -0.2) is 37.7 Å². The molecule has 0 spiro atoms. The summed E-state index contributed by atoms with van der Waals surface area (Å²) in [5.74, 6) is 1.14. The molecule has 1 aliphatic heterocycles. The van der Waals surface area contributed by atoms with E-state index < -0.39 is 0 Å². The van der Waals surface area contributed by atoms with Gasteiger partial charge in [0.15, 0.2) is 0 Å². The molecule has 1 aliphatic rings. The van der Waals surface area contributed by atoms with Crippen LogP contribution in [0.4, 0.5) is 5.82 Å². The number of benzene rings is 2. The Labute approximate surface area is 182 Å². The minimum Gasteiger partial charge on any atom is -0.326 e. The summed E-state index contributed by atoms with van der Waals surface area (Å²) in [7, 11) is 0. The van der Waals surface area contributed by atoms with Crippen molar-refractivity contribution in [3.63, 3.8) is 0 Å². The predicted molar refractivity (Wildman–Crippen MR) is 124 cm³/mol. The van der Waals surface area contributed by atoms with E-state index in [-0.39, 0.29) is 0 Å². The number of fused-ring (bicyclic) bond motifs is 3. The number of nitrogens with zero attached hydrogens (tertiary/aromatic N) is 3. The van der Waals surface area contributed by atoms with E-state index in [2.05, 4.69) is 70.3 Å². The van der Waals surface area contributed by atoms with Crippen LogP contribution in [0, 0.1) is 11.3 Å². The van der Waals surface area contributed by atoms with Crippen molar-refractivity contribution in [2.75, 3.05) is 37.6 Å². The Morgan fingerprint density at radius 3 is 2.55 bits per heavy atom. The standard InChI is InChI=1S/C26H25N5/c1-19(2)18-29-12-14-30(15-13-29)25-16-21(20-8-4-3-5-9-20)22(17-27)26-28-23-10-6-7-11-24(23)31(25)26/h3-11,16H,1,12-15,18H2,2H3/p+2. The highest BCUT2D eigenvalue weighted by Gasteiger charge is 2.30. The van der Waals surface area contributed by atoms with Crippen LogP contribution in [0.25, 0.3) is 27.8 Å². The smallest absolute Gasteiger partial charge is 0.250 e. The monoisotopic (exact) mass is 409 g/mol. The Morgan fingerprint density at radius 2 is 1.84 bits per heavy atom. The minimum absolute atomic E-state index is 0.678. The van der Waals surface area contributed by atoms with Gasteiger partial charge in [0.25, 0.3) is 5.65 Å². The predicted octanol–water partition coefficient (Wildman–Crippen LogP) is 2.73. The van der Waals surface area contributed by atoms with Crippen molar-refractivity contribution in [1.29, 1.82) is 5.26 Å². The van der Waals surface area contributed by atoms with E-state index in [0.717, 1.165) is 66.3 Å². The van der Waals surface area contributed by atoms with Gasteiger partial charge in [-0.2, -0.15) is 9.66 Å². The van der Waals surface area contributed by atoms with Crippen molar-refractivity contribution in [1.82, 2.24) is 4.98 Å². The number of piperazine rings is 1. The third-order valence-electron chi connectivity index (χ3n) is 6.17. The number of rotatable bonds is 4. The second kappa shape index (κ2) is 7.90. The molecule has 5 nitrogen and oxygen atoms in total. The van der Waals surface area contributed by atoms with Gasteiger partial charge in [0.1, 0.15) is 48.8 Å². The number of aromatic amines is 1. The van der Waals surface area contributed by atoms with Crippen LogP contribution in [0.5, 0.6) is 0 Å². The summed E-state index contributed by atoms with van der Waals surface area (Å²) in [6.07, 6.45) is 0. The van der Waals surface area contributed by atoms with E-state index >= 15 is 0 Å². The van der Waals surface area contributed by atoms with Crippen molar-refractivity contribution < 1.29 is 9.30 Å². The van der Waals surface area contributed by atoms with Crippen molar-refractivity contribution >= 4 is 22.5 Å². The largest absolute Gasteiger partial charge is 0.326 e. The number of para-hydroxylation sites is 2. The second-order valence-electron chi connectivity index (χ2n) is 8.47. The Hall–Kier alpha value is -3.62. The zero-order valence-corrected chi connectivity index (χ0v) is 17.9. The van der Waals surface area contributed by atoms with E-state index in [1.54, 1.807) is 4.90 Å². The molecule has 2 N–H and O–H groups in total. The lowest BCUT2D eigenvalue weighted by atomic mass is 10.0. The Morgan fingerprint density at radius 1 is 1.13 bits per heavy atom. The van der Waals surface area contributed by atoms with Gasteiger partial charge in [-0.05, 0) is 30.2 Å². The molecule has 2 aromatic carbocycles. The molecule has 2 aromatic heterocycles. The number of pyridine rings is 1. The van der Waals surface area contributed by atoms with Crippen LogP contribution in [-0.2, 0) is 0 Å². The zero-order chi connectivity index (χ0) is 21.4. The van der Waals surface area contributed by atoms with Crippen molar-refractivity contribution in [2.45, 2.75) is 6.92 Å². The second-order valence-corrected chi connectivity index (χ2v) is 8.47. The van der Waals surface area contributed by atoms with Crippen molar-refractivity contribution in [2.24, 2.45) is 0 Å². The van der Waals surface area contributed by atoms with Gasteiger partial charge in [-0.1, -0.05) is 49.0 Å². The summed E-state index contributed by atoms with van der Waals surface area (Å²) in [4.78, 5) is 7.56. The first-order chi connectivity index (χ1) is 15.2. The Balaban J connectivity index is 1.70. The molecule has 154 valence electrons. The lowest BCUT2D eigenvalue weighted by Crippen LogP contribution is -3.15. The normalized spacial score (nSPS) is 14.8. The fourth-order valence-corrected chi connectivity index (χ4v) is 4.73. The molecule has 1 fully saturated rings. The summed E-state index contributed by atoms with van der Waals surface area (Å²) < 4.78 is 2.23. The summed E-state index contributed by atoms with van der Waals surface area (Å²) in [6.45, 7) is 11.3. The molecule has 4 aromatic rings. The first-order valence-corrected chi connectivity index (χ1v) is 10.8. The highest BCUT2D eigenvalue weighted by Crippen LogP contribution is 2.30. The summed E-state index contributed by atoms with van der Waals surface area (Å²) >= 11 is 0. The molecular formula is C26H27N5+2. The van der Waals surface area contributed by atoms with Gasteiger partial charge in [-0.3, -0.25) is 9.88 Å². The first kappa shape index (κ1) is 19.3. The first-order valence-electron chi connectivity index (χ1n) is 10.8. The van der Waals surface area contributed by atoms with E-state index in [1.165, 1.54) is 5.57 Å². The number of hydrogen-bond acceptors (Lipinski definition) is 2. The van der Waals surface area contributed by atoms with Crippen LogP contribution in [0.15, 0.2) is 72.8 Å². The number of quaternary nitrogens is 1. The molecule has 5 rings (SSSR count). The van der Waals surface area contributed by atoms with Gasteiger partial charge in [0.2, 0.25) is 5.82 Å². The maximum absolute atomic E-state index is 10.1. The van der Waals surface area contributed by atoms with Crippen LogP contribution in [0.1, 0.15) is 12.5 Å². The highest BCUT2D eigenvalue weighted by molar-refractivity contribution is 5.83. The molecule has 0 atom stereocenters. The third-order valence-corrected chi connectivity index (χ3v) is 6.17. The number of anilines is 1. The average Bonchev–Trinajstić information content (AvgIpc) is 3.18. The van der Waals surface area contributed by atoms with Crippen LogP contribution in [0.3, 0.4) is 0 Å². The summed E-state index contributed by atoms with van der Waals surface area (Å²) in [6, 6.07) is 23.2. The molecule has 1 saturated heterocycles. The number of nitriles is 1. The van der Waals surface area contributed by atoms with Gasteiger partial charge < -0.3 is 4.90 Å². The number of hydrogen-bond donors (Lipinski definition) is 2. The van der Waals surface area contributed by atoms with Gasteiger partial charge in [-0.25, -0.2) is 0 Å². The fourth-order valence-electron chi connectivity index (χ4n) is 4.73. The maximum atomic E-state index is 10.1. The Kier molecular flexibility index (Phi) is 4.93. The molecular weight excluding hydrogens is 382 g/mol. The van der Waals surface area contributed by atoms with Crippen LogP contribution >= 0.6 is 0 Å². The van der Waals surface area contributed by atoms with Crippen LogP contribution < -0.4 is 14.2 Å².